The van der Waals surface area contributed by atoms with E-state index < -0.39 is 249 Å². The number of imide groups is 1. The lowest BCUT2D eigenvalue weighted by Gasteiger charge is -2.31. The van der Waals surface area contributed by atoms with Crippen molar-refractivity contribution in [2.24, 2.45) is 0 Å². The number of fused-ring (bicyclic) bond motifs is 6. The number of hydrogen-bond donors (Lipinski definition) is 8. The fourth-order valence-electron chi connectivity index (χ4n) is 12.9. The number of hydrogen-bond acceptors (Lipinski definition) is 28. The second kappa shape index (κ2) is 33.1. The Bertz CT molecular complexity index is 5670. The molecule has 0 saturated carbocycles. The highest BCUT2D eigenvalue weighted by Crippen LogP contribution is 2.55. The summed E-state index contributed by atoms with van der Waals surface area (Å²) < 4.78 is 345. The van der Waals surface area contributed by atoms with E-state index in [0.29, 0.717) is 12.1 Å². The highest BCUT2D eigenvalue weighted by molar-refractivity contribution is 7.89. The van der Waals surface area contributed by atoms with Crippen LogP contribution in [-0.4, -0.2) is 229 Å². The van der Waals surface area contributed by atoms with Crippen LogP contribution in [0, 0.1) is 0 Å². The molecule has 2 amide bonds. The number of ether oxygens (including phenoxy) is 4. The van der Waals surface area contributed by atoms with E-state index in [-0.39, 0.29) is 105 Å². The SMILES string of the molecule is COCCC1(C)C(/C=C/C(=C/C=C2/N(CCCS(=O)(=O)O)c3ccc4c(S(=O)(=O)O)cc(S(=O)(=O)O)cc4c3C2(C)CCOC)c2c(OCCCS(=O)(=O)O)cc(S(=O)(=O)NCCC(=O)ON3C(=O)CCC3=O)cc2OCCCS(=O)(=O)O)=[N+](CCCS(=O)(=O)O)c2ccc3c(S(=O)(=O)O)cc(S(=O)(=O)[O-])cc3c21. The van der Waals surface area contributed by atoms with Gasteiger partial charge in [0.25, 0.3) is 82.6 Å². The first-order valence-corrected chi connectivity index (χ1v) is 45.8. The van der Waals surface area contributed by atoms with Gasteiger partial charge >= 0.3 is 5.97 Å². The van der Waals surface area contributed by atoms with Gasteiger partial charge < -0.3 is 33.2 Å². The predicted octanol–water partition coefficient (Wildman–Crippen LogP) is 3.51. The third-order valence-electron chi connectivity index (χ3n) is 17.7. The second-order valence-electron chi connectivity index (χ2n) is 25.4. The van der Waals surface area contributed by atoms with Gasteiger partial charge in [-0.15, -0.1) is 5.06 Å². The molecule has 600 valence electrons. The summed E-state index contributed by atoms with van der Waals surface area (Å²) in [6, 6.07) is 9.08. The summed E-state index contributed by atoms with van der Waals surface area (Å²) in [6.07, 6.45) is 1.03. The molecule has 0 aromatic heterocycles. The highest BCUT2D eigenvalue weighted by Gasteiger charge is 2.50. The van der Waals surface area contributed by atoms with Gasteiger partial charge in [-0.1, -0.05) is 12.1 Å². The summed E-state index contributed by atoms with van der Waals surface area (Å²) in [6.45, 7) is -0.746. The molecule has 1 fully saturated rings. The molecule has 2 unspecified atom stereocenters. The molecule has 38 nitrogen and oxygen atoms in total. The number of sulfonamides is 1. The Morgan fingerprint density at radius 2 is 1.06 bits per heavy atom. The highest BCUT2D eigenvalue weighted by atomic mass is 32.3. The first-order chi connectivity index (χ1) is 50.2. The number of amides is 2. The molecule has 3 aliphatic rings. The van der Waals surface area contributed by atoms with Gasteiger partial charge in [0.15, 0.2) is 5.71 Å². The zero-order chi connectivity index (χ0) is 81.2. The molecule has 5 aromatic carbocycles. The van der Waals surface area contributed by atoms with E-state index in [4.69, 9.17) is 23.8 Å². The topological polar surface area (TPSA) is 591 Å². The van der Waals surface area contributed by atoms with Crippen molar-refractivity contribution in [2.45, 2.75) is 107 Å². The van der Waals surface area contributed by atoms with E-state index in [1.807, 2.05) is 0 Å². The molecule has 2 atom stereocenters. The first kappa shape index (κ1) is 87.2. The van der Waals surface area contributed by atoms with Crippen LogP contribution in [0.4, 0.5) is 11.4 Å². The van der Waals surface area contributed by atoms with Gasteiger partial charge in [0, 0.05) is 117 Å². The summed E-state index contributed by atoms with van der Waals surface area (Å²) in [5.41, 5.74) is -4.19. The monoisotopic (exact) mass is 1710 g/mol. The molecule has 3 heterocycles. The van der Waals surface area contributed by atoms with E-state index in [9.17, 15) is 127 Å². The Hall–Kier alpha value is -7.37. The molecule has 0 bridgehead atoms. The second-order valence-corrected chi connectivity index (χ2v) is 39.1. The van der Waals surface area contributed by atoms with Crippen molar-refractivity contribution >= 4 is 153 Å². The van der Waals surface area contributed by atoms with Gasteiger partial charge in [-0.3, -0.25) is 41.5 Å². The van der Waals surface area contributed by atoms with Gasteiger partial charge in [0.1, 0.15) is 38.0 Å². The number of rotatable bonds is 38. The number of benzene rings is 5. The van der Waals surface area contributed by atoms with E-state index >= 15 is 0 Å². The summed E-state index contributed by atoms with van der Waals surface area (Å²) in [5, 5.41) is -1.11. The Morgan fingerprint density at radius 3 is 1.57 bits per heavy atom. The molecular formula is C62H74N4O34S9. The molecule has 109 heavy (non-hydrogen) atoms. The van der Waals surface area contributed by atoms with E-state index in [1.165, 1.54) is 74.0 Å². The van der Waals surface area contributed by atoms with E-state index in [1.54, 1.807) is 0 Å². The summed E-state index contributed by atoms with van der Waals surface area (Å²) >= 11 is 0. The molecule has 8 N–H and O–H groups in total. The van der Waals surface area contributed by atoms with Crippen LogP contribution in [0.15, 0.2) is 115 Å². The minimum atomic E-state index is -5.61. The summed E-state index contributed by atoms with van der Waals surface area (Å²) in [7, 11) is -43.6. The third-order valence-corrected chi connectivity index (χ3v) is 25.8. The van der Waals surface area contributed by atoms with Gasteiger partial charge in [-0.25, -0.2) is 26.4 Å². The van der Waals surface area contributed by atoms with Crippen LogP contribution in [0.2, 0.25) is 0 Å². The van der Waals surface area contributed by atoms with Crippen LogP contribution in [0.3, 0.4) is 0 Å². The lowest BCUT2D eigenvalue weighted by molar-refractivity contribution is -0.437. The zero-order valence-electron chi connectivity index (χ0n) is 57.9. The van der Waals surface area contributed by atoms with Crippen LogP contribution < -0.4 is 19.1 Å². The molecule has 8 rings (SSSR count). The predicted molar refractivity (Wildman–Crippen MR) is 384 cm³/mol. The molecular weight excluding hydrogens is 1630 g/mol. The van der Waals surface area contributed by atoms with Crippen molar-refractivity contribution in [1.82, 2.24) is 9.79 Å². The third kappa shape index (κ3) is 21.3. The average Bonchev–Trinajstić information content (AvgIpc) is 1.57. The zero-order valence-corrected chi connectivity index (χ0v) is 65.2. The van der Waals surface area contributed by atoms with Crippen molar-refractivity contribution in [3.8, 4) is 11.5 Å². The van der Waals surface area contributed by atoms with Gasteiger partial charge in [-0.2, -0.15) is 63.5 Å². The smallest absolute Gasteiger partial charge is 0.334 e. The van der Waals surface area contributed by atoms with Crippen LogP contribution in [0.1, 0.15) is 88.3 Å². The fraction of sp³-hybridized carbons (Fsp3) is 0.419. The van der Waals surface area contributed by atoms with Crippen molar-refractivity contribution in [1.29, 1.82) is 0 Å². The summed E-state index contributed by atoms with van der Waals surface area (Å²) in [5.74, 6) is -8.24. The summed E-state index contributed by atoms with van der Waals surface area (Å²) in [4.78, 5) is 38.6. The Balaban J connectivity index is 1.55. The number of anilines is 1. The van der Waals surface area contributed by atoms with Crippen molar-refractivity contribution < 1.29 is 155 Å². The lowest BCUT2D eigenvalue weighted by Crippen LogP contribution is -2.34. The van der Waals surface area contributed by atoms with Crippen molar-refractivity contribution in [2.75, 3.05) is 88.2 Å². The normalized spacial score (nSPS) is 18.3. The van der Waals surface area contributed by atoms with E-state index in [2.05, 4.69) is 4.72 Å². The maximum absolute atomic E-state index is 14.7. The minimum absolute atomic E-state index is 0.00264. The first-order valence-electron chi connectivity index (χ1n) is 32.2. The van der Waals surface area contributed by atoms with Crippen LogP contribution in [0.25, 0.3) is 27.1 Å². The van der Waals surface area contributed by atoms with Gasteiger partial charge in [0.05, 0.1) is 68.3 Å². The van der Waals surface area contributed by atoms with Crippen LogP contribution in [0.5, 0.6) is 11.5 Å². The number of carbonyl (C=O) groups excluding carboxylic acids is 3. The van der Waals surface area contributed by atoms with Crippen LogP contribution >= 0.6 is 0 Å². The van der Waals surface area contributed by atoms with Crippen molar-refractivity contribution in [3.63, 3.8) is 0 Å². The average molecular weight is 1710 g/mol. The maximum atomic E-state index is 14.7. The van der Waals surface area contributed by atoms with E-state index in [0.717, 1.165) is 36.4 Å². The minimum Gasteiger partial charge on any atom is -0.744 e. The molecule has 5 aromatic rings. The Labute approximate surface area is 627 Å². The number of hydroxylamine groups is 2. The molecule has 47 heteroatoms. The molecule has 3 aliphatic heterocycles. The number of nitrogens with zero attached hydrogens (tertiary/aromatic N) is 3. The molecule has 0 radical (unpaired) electrons. The molecule has 0 aliphatic carbocycles. The largest absolute Gasteiger partial charge is 0.744 e. The van der Waals surface area contributed by atoms with Gasteiger partial charge in [-0.05, 0) is 116 Å². The lowest BCUT2D eigenvalue weighted by atomic mass is 9.74. The number of allylic oxidation sites excluding steroid dienone is 6. The standard InChI is InChI=1S/C62H74N4O34S9/c1-61(20-27-96-3)53(64(23-5-29-101(70,71)72)47-13-11-43-45(59(47)61)33-41(106(84,85)86)37-51(43)108(90,91)92)15-9-39(10-16-54-62(2,21-28-97-4)60-46-34-42(107(87,88)89)38-52(109(93,94)95)44(46)12-14-48(60)65(54)24-6-30-102(73,74)75)58-49(98-25-7-31-103(76,77)78)35-40(36-50(58)99-26-8-32-104(79,80)81)105(82,83)63-22-19-57(69)100-66-55(67)17-18-56(66)68/h9-16,33-38,63H,5-8,17-32H2,1-4H3,(H7-,70,71,72,73,74,75,76,77,78,79,80,81,84,85,86,87,88,89,90,91,92,93,94,95). The molecule has 1 saturated heterocycles. The molecule has 0 spiro atoms. The fourth-order valence-corrected chi connectivity index (χ4v) is 18.6. The Morgan fingerprint density at radius 1 is 0.578 bits per heavy atom. The number of nitrogens with one attached hydrogen (secondary N) is 1. The van der Waals surface area contributed by atoms with Crippen LogP contribution in [-0.2, 0) is 130 Å². The van der Waals surface area contributed by atoms with Gasteiger partial charge in [0.2, 0.25) is 15.7 Å². The quantitative estimate of drug-likeness (QED) is 0.00921. The Kier molecular flexibility index (Phi) is 26.5. The maximum Gasteiger partial charge on any atom is 0.334 e. The number of methoxy groups -OCH3 is 2. The number of carbonyl (C=O) groups is 3. The van der Waals surface area contributed by atoms with Crippen molar-refractivity contribution in [3.05, 3.63) is 107 Å².